The van der Waals surface area contributed by atoms with Crippen LogP contribution in [0.15, 0.2) is 29.2 Å². The molecule has 2 atom stereocenters. The van der Waals surface area contributed by atoms with Gasteiger partial charge >= 0.3 is 0 Å². The molecule has 0 radical (unpaired) electrons. The van der Waals surface area contributed by atoms with Crippen LogP contribution >= 0.6 is 11.8 Å². The molecule has 1 fully saturated rings. The molecule has 0 aromatic heterocycles. The van der Waals surface area contributed by atoms with Gasteiger partial charge in [0.15, 0.2) is 0 Å². The largest absolute Gasteiger partial charge is 0.314 e. The highest BCUT2D eigenvalue weighted by atomic mass is 32.2. The van der Waals surface area contributed by atoms with Gasteiger partial charge in [-0.25, -0.2) is 0 Å². The van der Waals surface area contributed by atoms with Crippen LogP contribution in [0.1, 0.15) is 44.6 Å². The lowest BCUT2D eigenvalue weighted by Crippen LogP contribution is -2.35. The van der Waals surface area contributed by atoms with Crippen molar-refractivity contribution in [1.82, 2.24) is 5.32 Å². The van der Waals surface area contributed by atoms with Crippen molar-refractivity contribution in [1.29, 1.82) is 0 Å². The molecule has 100 valence electrons. The SMILES string of the molecule is CCCNC1CCCC(Sc2cccc(C)c2)C1. The fourth-order valence-electron chi connectivity index (χ4n) is 2.67. The molecule has 2 rings (SSSR count). The summed E-state index contributed by atoms with van der Waals surface area (Å²) in [6.45, 7) is 5.60. The first kappa shape index (κ1) is 14.0. The Balaban J connectivity index is 1.85. The van der Waals surface area contributed by atoms with E-state index in [0.717, 1.165) is 11.3 Å². The number of benzene rings is 1. The Bertz CT molecular complexity index is 364. The van der Waals surface area contributed by atoms with Crippen LogP contribution in [0.25, 0.3) is 0 Å². The standard InChI is InChI=1S/C16H25NS/c1-3-10-17-14-7-5-9-16(12-14)18-15-8-4-6-13(2)11-15/h4,6,8,11,14,16-17H,3,5,7,9-10,12H2,1-2H3. The van der Waals surface area contributed by atoms with Crippen molar-refractivity contribution in [2.75, 3.05) is 6.54 Å². The molecule has 0 aliphatic heterocycles. The summed E-state index contributed by atoms with van der Waals surface area (Å²) in [5, 5.41) is 4.49. The molecular weight excluding hydrogens is 238 g/mol. The van der Waals surface area contributed by atoms with Gasteiger partial charge in [-0.1, -0.05) is 31.0 Å². The Morgan fingerprint density at radius 3 is 3.00 bits per heavy atom. The summed E-state index contributed by atoms with van der Waals surface area (Å²) in [7, 11) is 0. The van der Waals surface area contributed by atoms with Crippen molar-refractivity contribution in [2.45, 2.75) is 62.1 Å². The van der Waals surface area contributed by atoms with Crippen molar-refractivity contribution in [3.8, 4) is 0 Å². The van der Waals surface area contributed by atoms with Gasteiger partial charge < -0.3 is 5.32 Å². The molecular formula is C16H25NS. The lowest BCUT2D eigenvalue weighted by molar-refractivity contribution is 0.381. The minimum absolute atomic E-state index is 0.751. The maximum Gasteiger partial charge on any atom is 0.0109 e. The Labute approximate surface area is 116 Å². The molecule has 0 amide bonds. The van der Waals surface area contributed by atoms with Crippen LogP contribution in [0.5, 0.6) is 0 Å². The van der Waals surface area contributed by atoms with Crippen LogP contribution < -0.4 is 5.32 Å². The fraction of sp³-hybridized carbons (Fsp3) is 0.625. The molecule has 1 aromatic rings. The first-order valence-electron chi connectivity index (χ1n) is 7.24. The van der Waals surface area contributed by atoms with E-state index in [1.807, 2.05) is 0 Å². The Morgan fingerprint density at radius 1 is 1.33 bits per heavy atom. The van der Waals surface area contributed by atoms with Crippen LogP contribution in [0, 0.1) is 6.92 Å². The Hall–Kier alpha value is -0.470. The van der Waals surface area contributed by atoms with E-state index < -0.39 is 0 Å². The summed E-state index contributed by atoms with van der Waals surface area (Å²) >= 11 is 2.08. The average molecular weight is 263 g/mol. The number of nitrogens with one attached hydrogen (secondary N) is 1. The molecule has 0 spiro atoms. The summed E-state index contributed by atoms with van der Waals surface area (Å²) in [6.07, 6.45) is 6.70. The van der Waals surface area contributed by atoms with E-state index in [1.165, 1.54) is 49.1 Å². The third-order valence-corrected chi connectivity index (χ3v) is 4.89. The Kier molecular flexibility index (Phi) is 5.58. The highest BCUT2D eigenvalue weighted by Gasteiger charge is 2.22. The zero-order chi connectivity index (χ0) is 12.8. The zero-order valence-corrected chi connectivity index (χ0v) is 12.4. The molecule has 2 heteroatoms. The van der Waals surface area contributed by atoms with Crippen LogP contribution in [-0.4, -0.2) is 17.8 Å². The highest BCUT2D eigenvalue weighted by molar-refractivity contribution is 8.00. The lowest BCUT2D eigenvalue weighted by atomic mass is 9.95. The average Bonchev–Trinajstić information content (AvgIpc) is 2.37. The molecule has 2 unspecified atom stereocenters. The van der Waals surface area contributed by atoms with E-state index in [9.17, 15) is 0 Å². The van der Waals surface area contributed by atoms with Crippen molar-refractivity contribution in [3.05, 3.63) is 29.8 Å². The normalized spacial score (nSPS) is 24.1. The van der Waals surface area contributed by atoms with Gasteiger partial charge in [0.25, 0.3) is 0 Å². The predicted octanol–water partition coefficient (Wildman–Crippen LogP) is 4.40. The number of thioether (sulfide) groups is 1. The summed E-state index contributed by atoms with van der Waals surface area (Å²) in [5.41, 5.74) is 1.37. The highest BCUT2D eigenvalue weighted by Crippen LogP contribution is 2.33. The van der Waals surface area contributed by atoms with Gasteiger partial charge in [-0.3, -0.25) is 0 Å². The molecule has 1 nitrogen and oxygen atoms in total. The number of rotatable bonds is 5. The predicted molar refractivity (Wildman–Crippen MR) is 81.4 cm³/mol. The molecule has 0 heterocycles. The summed E-state index contributed by atoms with van der Waals surface area (Å²) in [6, 6.07) is 9.67. The quantitative estimate of drug-likeness (QED) is 0.845. The maximum absolute atomic E-state index is 3.69. The van der Waals surface area contributed by atoms with Gasteiger partial charge in [0.1, 0.15) is 0 Å². The second-order valence-electron chi connectivity index (χ2n) is 5.37. The summed E-state index contributed by atoms with van der Waals surface area (Å²) in [4.78, 5) is 1.44. The van der Waals surface area contributed by atoms with Gasteiger partial charge in [0.2, 0.25) is 0 Å². The third kappa shape index (κ3) is 4.33. The minimum atomic E-state index is 0.751. The van der Waals surface area contributed by atoms with Crippen molar-refractivity contribution in [2.24, 2.45) is 0 Å². The Morgan fingerprint density at radius 2 is 2.22 bits per heavy atom. The molecule has 0 saturated heterocycles. The number of hydrogen-bond donors (Lipinski definition) is 1. The molecule has 1 N–H and O–H groups in total. The fourth-order valence-corrected chi connectivity index (χ4v) is 4.08. The van der Waals surface area contributed by atoms with E-state index >= 15 is 0 Å². The van der Waals surface area contributed by atoms with Crippen molar-refractivity contribution in [3.63, 3.8) is 0 Å². The molecule has 18 heavy (non-hydrogen) atoms. The van der Waals surface area contributed by atoms with Gasteiger partial charge in [0, 0.05) is 16.2 Å². The number of hydrogen-bond acceptors (Lipinski definition) is 2. The summed E-state index contributed by atoms with van der Waals surface area (Å²) < 4.78 is 0. The molecule has 1 aromatic carbocycles. The van der Waals surface area contributed by atoms with Gasteiger partial charge in [0.05, 0.1) is 0 Å². The van der Waals surface area contributed by atoms with Crippen LogP contribution in [0.3, 0.4) is 0 Å². The van der Waals surface area contributed by atoms with Crippen molar-refractivity contribution < 1.29 is 0 Å². The molecule has 1 aliphatic rings. The number of aryl methyl sites for hydroxylation is 1. The zero-order valence-electron chi connectivity index (χ0n) is 11.6. The first-order chi connectivity index (χ1) is 8.78. The van der Waals surface area contributed by atoms with Gasteiger partial charge in [-0.2, -0.15) is 0 Å². The third-order valence-electron chi connectivity index (χ3n) is 3.60. The van der Waals surface area contributed by atoms with Gasteiger partial charge in [-0.05, 0) is 51.3 Å². The first-order valence-corrected chi connectivity index (χ1v) is 8.12. The second-order valence-corrected chi connectivity index (χ2v) is 6.75. The monoisotopic (exact) mass is 263 g/mol. The molecule has 0 bridgehead atoms. The van der Waals surface area contributed by atoms with E-state index in [0.29, 0.717) is 0 Å². The minimum Gasteiger partial charge on any atom is -0.314 e. The van der Waals surface area contributed by atoms with Crippen LogP contribution in [-0.2, 0) is 0 Å². The molecule has 1 saturated carbocycles. The topological polar surface area (TPSA) is 12.0 Å². The second kappa shape index (κ2) is 7.20. The van der Waals surface area contributed by atoms with Crippen molar-refractivity contribution >= 4 is 11.8 Å². The maximum atomic E-state index is 3.69. The van der Waals surface area contributed by atoms with Crippen LogP contribution in [0.2, 0.25) is 0 Å². The van der Waals surface area contributed by atoms with E-state index in [1.54, 1.807) is 0 Å². The van der Waals surface area contributed by atoms with E-state index in [-0.39, 0.29) is 0 Å². The molecule has 1 aliphatic carbocycles. The van der Waals surface area contributed by atoms with Gasteiger partial charge in [-0.15, -0.1) is 11.8 Å². The van der Waals surface area contributed by atoms with Crippen LogP contribution in [0.4, 0.5) is 0 Å². The summed E-state index contributed by atoms with van der Waals surface area (Å²) in [5.74, 6) is 0. The smallest absolute Gasteiger partial charge is 0.0109 e. The van der Waals surface area contributed by atoms with E-state index in [2.05, 4.69) is 55.2 Å². The van der Waals surface area contributed by atoms with E-state index in [4.69, 9.17) is 0 Å². The lowest BCUT2D eigenvalue weighted by Gasteiger charge is -2.29.